The molecule has 0 saturated carbocycles. The molecule has 0 unspecified atom stereocenters. The Hall–Kier alpha value is -2.42. The first-order valence-corrected chi connectivity index (χ1v) is 6.04. The molecule has 0 bridgehead atoms. The summed E-state index contributed by atoms with van der Waals surface area (Å²) < 4.78 is 0. The maximum absolute atomic E-state index is 11.1. The van der Waals surface area contributed by atoms with Crippen molar-refractivity contribution >= 4 is 17.7 Å². The van der Waals surface area contributed by atoms with Crippen molar-refractivity contribution in [1.29, 1.82) is 5.26 Å². The molecule has 1 aromatic carbocycles. The SMILES string of the molecule is N#Cc1ccc(N2CCC(C=O)CC2)c([N+](=O)[O-])c1. The smallest absolute Gasteiger partial charge is 0.293 e. The topological polar surface area (TPSA) is 87.2 Å². The molecule has 6 heteroatoms. The molecule has 0 amide bonds. The van der Waals surface area contributed by atoms with Crippen LogP contribution in [0.3, 0.4) is 0 Å². The lowest BCUT2D eigenvalue weighted by molar-refractivity contribution is -0.384. The fourth-order valence-corrected chi connectivity index (χ4v) is 2.28. The van der Waals surface area contributed by atoms with Gasteiger partial charge in [-0.15, -0.1) is 0 Å². The van der Waals surface area contributed by atoms with E-state index in [0.29, 0.717) is 31.6 Å². The molecule has 2 rings (SSSR count). The van der Waals surface area contributed by atoms with E-state index in [9.17, 15) is 14.9 Å². The van der Waals surface area contributed by atoms with Crippen LogP contribution in [0.4, 0.5) is 11.4 Å². The highest BCUT2D eigenvalue weighted by molar-refractivity contribution is 5.66. The van der Waals surface area contributed by atoms with Crippen molar-refractivity contribution in [2.75, 3.05) is 18.0 Å². The average Bonchev–Trinajstić information content (AvgIpc) is 2.46. The average molecular weight is 259 g/mol. The summed E-state index contributed by atoms with van der Waals surface area (Å²) in [4.78, 5) is 23.2. The Labute approximate surface area is 110 Å². The number of nitrogens with zero attached hydrogens (tertiary/aromatic N) is 3. The van der Waals surface area contributed by atoms with E-state index in [1.54, 1.807) is 12.1 Å². The number of benzene rings is 1. The van der Waals surface area contributed by atoms with Crippen LogP contribution in [0.1, 0.15) is 18.4 Å². The lowest BCUT2D eigenvalue weighted by Gasteiger charge is -2.31. The van der Waals surface area contributed by atoms with Gasteiger partial charge in [0.2, 0.25) is 0 Å². The van der Waals surface area contributed by atoms with E-state index in [4.69, 9.17) is 5.26 Å². The molecule has 1 aliphatic rings. The second kappa shape index (κ2) is 5.48. The van der Waals surface area contributed by atoms with Gasteiger partial charge in [0, 0.05) is 25.1 Å². The van der Waals surface area contributed by atoms with Crippen LogP contribution in [0.15, 0.2) is 18.2 Å². The van der Waals surface area contributed by atoms with Crippen molar-refractivity contribution in [3.63, 3.8) is 0 Å². The molecular formula is C13H13N3O3. The first-order valence-electron chi connectivity index (χ1n) is 6.04. The Morgan fingerprint density at radius 1 is 1.42 bits per heavy atom. The predicted molar refractivity (Wildman–Crippen MR) is 68.8 cm³/mol. The number of piperidine rings is 1. The van der Waals surface area contributed by atoms with Crippen LogP contribution >= 0.6 is 0 Å². The van der Waals surface area contributed by atoms with Gasteiger partial charge in [0.25, 0.3) is 5.69 Å². The first kappa shape index (κ1) is 13.0. The molecule has 98 valence electrons. The fourth-order valence-electron chi connectivity index (χ4n) is 2.28. The summed E-state index contributed by atoms with van der Waals surface area (Å²) >= 11 is 0. The summed E-state index contributed by atoms with van der Waals surface area (Å²) in [6.07, 6.45) is 2.37. The molecule has 0 spiro atoms. The van der Waals surface area contributed by atoms with Crippen molar-refractivity contribution in [2.45, 2.75) is 12.8 Å². The highest BCUT2D eigenvalue weighted by Crippen LogP contribution is 2.31. The molecule has 1 saturated heterocycles. The predicted octanol–water partition coefficient (Wildman–Crippen LogP) is 1.88. The van der Waals surface area contributed by atoms with E-state index in [1.165, 1.54) is 6.07 Å². The third kappa shape index (κ3) is 2.71. The third-order valence-electron chi connectivity index (χ3n) is 3.37. The molecule has 0 aromatic heterocycles. The Morgan fingerprint density at radius 2 is 2.11 bits per heavy atom. The van der Waals surface area contributed by atoms with Gasteiger partial charge in [-0.1, -0.05) is 0 Å². The van der Waals surface area contributed by atoms with E-state index in [2.05, 4.69) is 0 Å². The van der Waals surface area contributed by atoms with Crippen molar-refractivity contribution in [3.05, 3.63) is 33.9 Å². The molecule has 6 nitrogen and oxygen atoms in total. The number of rotatable bonds is 3. The molecule has 1 heterocycles. The van der Waals surface area contributed by atoms with Crippen LogP contribution in [-0.4, -0.2) is 24.3 Å². The molecule has 0 N–H and O–H groups in total. The summed E-state index contributed by atoms with van der Waals surface area (Å²) in [5.41, 5.74) is 0.746. The van der Waals surface area contributed by atoms with Crippen LogP contribution in [0.25, 0.3) is 0 Å². The van der Waals surface area contributed by atoms with Gasteiger partial charge in [0.15, 0.2) is 0 Å². The summed E-state index contributed by atoms with van der Waals surface area (Å²) in [7, 11) is 0. The normalized spacial score (nSPS) is 15.8. The fraction of sp³-hybridized carbons (Fsp3) is 0.385. The number of nitriles is 1. The van der Waals surface area contributed by atoms with Crippen LogP contribution in [0.2, 0.25) is 0 Å². The number of carbonyl (C=O) groups is 1. The van der Waals surface area contributed by atoms with Crippen molar-refractivity contribution < 1.29 is 9.72 Å². The number of carbonyl (C=O) groups excluding carboxylic acids is 1. The van der Waals surface area contributed by atoms with Gasteiger partial charge in [-0.25, -0.2) is 0 Å². The zero-order valence-corrected chi connectivity index (χ0v) is 10.3. The van der Waals surface area contributed by atoms with Gasteiger partial charge in [0.05, 0.1) is 16.6 Å². The maximum Gasteiger partial charge on any atom is 0.293 e. The van der Waals surface area contributed by atoms with Gasteiger partial charge >= 0.3 is 0 Å². The standard InChI is InChI=1S/C13H13N3O3/c14-8-11-1-2-12(13(7-11)16(18)19)15-5-3-10(9-17)4-6-15/h1-2,7,9-10H,3-6H2. The molecule has 0 radical (unpaired) electrons. The number of nitro groups is 1. The molecular weight excluding hydrogens is 246 g/mol. The van der Waals surface area contributed by atoms with Gasteiger partial charge in [-0.05, 0) is 25.0 Å². The lowest BCUT2D eigenvalue weighted by Crippen LogP contribution is -2.34. The number of hydrogen-bond donors (Lipinski definition) is 0. The number of aldehydes is 1. The first-order chi connectivity index (χ1) is 9.15. The van der Waals surface area contributed by atoms with E-state index in [1.807, 2.05) is 11.0 Å². The Kier molecular flexibility index (Phi) is 3.76. The summed E-state index contributed by atoms with van der Waals surface area (Å²) in [5.74, 6) is 0.0497. The molecule has 1 aliphatic heterocycles. The highest BCUT2D eigenvalue weighted by Gasteiger charge is 2.24. The Bertz CT molecular complexity index is 543. The van der Waals surface area contributed by atoms with Crippen LogP contribution < -0.4 is 4.90 Å². The van der Waals surface area contributed by atoms with E-state index < -0.39 is 4.92 Å². The van der Waals surface area contributed by atoms with E-state index in [0.717, 1.165) is 6.29 Å². The van der Waals surface area contributed by atoms with Crippen molar-refractivity contribution in [2.24, 2.45) is 5.92 Å². The number of hydrogen-bond acceptors (Lipinski definition) is 5. The van der Waals surface area contributed by atoms with Gasteiger partial charge < -0.3 is 9.69 Å². The second-order valence-electron chi connectivity index (χ2n) is 4.53. The molecule has 0 atom stereocenters. The van der Waals surface area contributed by atoms with Gasteiger partial charge in [-0.3, -0.25) is 10.1 Å². The Balaban J connectivity index is 2.27. The minimum atomic E-state index is -0.470. The van der Waals surface area contributed by atoms with E-state index >= 15 is 0 Å². The monoisotopic (exact) mass is 259 g/mol. The van der Waals surface area contributed by atoms with Crippen molar-refractivity contribution in [3.8, 4) is 6.07 Å². The largest absolute Gasteiger partial charge is 0.366 e. The second-order valence-corrected chi connectivity index (χ2v) is 4.53. The van der Waals surface area contributed by atoms with Crippen molar-refractivity contribution in [1.82, 2.24) is 0 Å². The highest BCUT2D eigenvalue weighted by atomic mass is 16.6. The van der Waals surface area contributed by atoms with Gasteiger partial charge in [0.1, 0.15) is 12.0 Å². The quantitative estimate of drug-likeness (QED) is 0.470. The Morgan fingerprint density at radius 3 is 2.63 bits per heavy atom. The van der Waals surface area contributed by atoms with Crippen LogP contribution in [0.5, 0.6) is 0 Å². The molecule has 19 heavy (non-hydrogen) atoms. The number of anilines is 1. The lowest BCUT2D eigenvalue weighted by atomic mass is 9.98. The zero-order chi connectivity index (χ0) is 13.8. The van der Waals surface area contributed by atoms with Crippen LogP contribution in [-0.2, 0) is 4.79 Å². The minimum absolute atomic E-state index is 0.0497. The summed E-state index contributed by atoms with van der Waals surface area (Å²) in [6, 6.07) is 6.38. The molecule has 1 fully saturated rings. The van der Waals surface area contributed by atoms with Gasteiger partial charge in [-0.2, -0.15) is 5.26 Å². The van der Waals surface area contributed by atoms with E-state index in [-0.39, 0.29) is 17.2 Å². The third-order valence-corrected chi connectivity index (χ3v) is 3.37. The number of nitro benzene ring substituents is 1. The zero-order valence-electron chi connectivity index (χ0n) is 10.3. The van der Waals surface area contributed by atoms with Crippen LogP contribution in [0, 0.1) is 27.4 Å². The summed E-state index contributed by atoms with van der Waals surface area (Å²) in [6.45, 7) is 1.24. The molecule has 1 aromatic rings. The minimum Gasteiger partial charge on any atom is -0.366 e. The summed E-state index contributed by atoms with van der Waals surface area (Å²) in [5, 5.41) is 19.9. The molecule has 0 aliphatic carbocycles. The maximum atomic E-state index is 11.1.